The van der Waals surface area contributed by atoms with Crippen LogP contribution in [0.5, 0.6) is 0 Å². The molecule has 0 spiro atoms. The van der Waals surface area contributed by atoms with Crippen LogP contribution in [-0.4, -0.2) is 28.9 Å². The molecule has 146 valence electrons. The zero-order valence-corrected chi connectivity index (χ0v) is 15.9. The number of hydrogen-bond donors (Lipinski definition) is 1. The minimum Gasteiger partial charge on any atom is -0.449 e. The van der Waals surface area contributed by atoms with E-state index in [0.717, 1.165) is 18.9 Å². The Bertz CT molecular complexity index is 731. The van der Waals surface area contributed by atoms with Crippen LogP contribution in [0.3, 0.4) is 0 Å². The first-order chi connectivity index (χ1) is 12.8. The summed E-state index contributed by atoms with van der Waals surface area (Å²) in [5.74, 6) is -0.0357. The summed E-state index contributed by atoms with van der Waals surface area (Å²) < 4.78 is 5.14. The van der Waals surface area contributed by atoms with Crippen molar-refractivity contribution in [2.45, 2.75) is 52.2 Å². The number of rotatable bonds is 6. The summed E-state index contributed by atoms with van der Waals surface area (Å²) in [7, 11) is 0. The summed E-state index contributed by atoms with van der Waals surface area (Å²) in [6.45, 7) is 5.85. The molecule has 7 nitrogen and oxygen atoms in total. The van der Waals surface area contributed by atoms with Crippen molar-refractivity contribution in [3.63, 3.8) is 0 Å². The van der Waals surface area contributed by atoms with Crippen LogP contribution in [0.4, 0.5) is 5.69 Å². The predicted octanol–water partition coefficient (Wildman–Crippen LogP) is 3.48. The number of nitro benzene ring substituents is 1. The lowest BCUT2D eigenvalue weighted by atomic mass is 9.78. The molecule has 2 rings (SSSR count). The summed E-state index contributed by atoms with van der Waals surface area (Å²) in [5, 5.41) is 13.7. The van der Waals surface area contributed by atoms with Crippen LogP contribution in [0, 0.1) is 22.0 Å². The number of esters is 1. The third-order valence-electron chi connectivity index (χ3n) is 5.19. The SMILES string of the molecule is C[C@@H]1[C@@H](C)CCC[C@H]1NC(=O)[C@@H](C)OC(=O)/C=C/c1cccc([N+](=O)[O-])c1. The molecular weight excluding hydrogens is 348 g/mol. The number of nitrogens with zero attached hydrogens (tertiary/aromatic N) is 1. The Morgan fingerprint density at radius 1 is 1.33 bits per heavy atom. The molecule has 27 heavy (non-hydrogen) atoms. The van der Waals surface area contributed by atoms with Crippen LogP contribution in [0.15, 0.2) is 30.3 Å². The predicted molar refractivity (Wildman–Crippen MR) is 102 cm³/mol. The number of nitro groups is 1. The van der Waals surface area contributed by atoms with E-state index in [4.69, 9.17) is 4.74 Å². The van der Waals surface area contributed by atoms with Crippen molar-refractivity contribution in [2.75, 3.05) is 0 Å². The molecule has 1 fully saturated rings. The first-order valence-corrected chi connectivity index (χ1v) is 9.21. The van der Waals surface area contributed by atoms with Crippen molar-refractivity contribution in [1.29, 1.82) is 0 Å². The van der Waals surface area contributed by atoms with Crippen molar-refractivity contribution in [2.24, 2.45) is 11.8 Å². The van der Waals surface area contributed by atoms with Gasteiger partial charge in [0, 0.05) is 24.3 Å². The lowest BCUT2D eigenvalue weighted by Crippen LogP contribution is -2.47. The normalized spacial score (nSPS) is 23.6. The van der Waals surface area contributed by atoms with E-state index < -0.39 is 17.0 Å². The minimum absolute atomic E-state index is 0.0610. The monoisotopic (exact) mass is 374 g/mol. The van der Waals surface area contributed by atoms with Gasteiger partial charge in [0.05, 0.1) is 4.92 Å². The van der Waals surface area contributed by atoms with E-state index in [2.05, 4.69) is 19.2 Å². The molecule has 1 saturated carbocycles. The Kier molecular flexibility index (Phi) is 7.10. The number of ether oxygens (including phenoxy) is 1. The lowest BCUT2D eigenvalue weighted by Gasteiger charge is -2.35. The van der Waals surface area contributed by atoms with E-state index in [1.807, 2.05) is 0 Å². The fourth-order valence-corrected chi connectivity index (χ4v) is 3.26. The average Bonchev–Trinajstić information content (AvgIpc) is 2.64. The van der Waals surface area contributed by atoms with Gasteiger partial charge in [0.15, 0.2) is 6.10 Å². The van der Waals surface area contributed by atoms with E-state index >= 15 is 0 Å². The summed E-state index contributed by atoms with van der Waals surface area (Å²) in [4.78, 5) is 34.5. The highest BCUT2D eigenvalue weighted by molar-refractivity contribution is 5.90. The maximum Gasteiger partial charge on any atom is 0.331 e. The molecule has 0 aliphatic heterocycles. The first-order valence-electron chi connectivity index (χ1n) is 9.21. The van der Waals surface area contributed by atoms with Crippen molar-refractivity contribution in [3.05, 3.63) is 46.0 Å². The van der Waals surface area contributed by atoms with E-state index in [1.165, 1.54) is 37.6 Å². The summed E-state index contributed by atoms with van der Waals surface area (Å²) >= 11 is 0. The molecule has 1 N–H and O–H groups in total. The van der Waals surface area contributed by atoms with Gasteiger partial charge >= 0.3 is 5.97 Å². The highest BCUT2D eigenvalue weighted by Gasteiger charge is 2.29. The maximum absolute atomic E-state index is 12.3. The molecule has 1 aromatic carbocycles. The Morgan fingerprint density at radius 3 is 2.78 bits per heavy atom. The maximum atomic E-state index is 12.3. The fraction of sp³-hybridized carbons (Fsp3) is 0.500. The Balaban J connectivity index is 1.88. The largest absolute Gasteiger partial charge is 0.449 e. The topological polar surface area (TPSA) is 98.5 Å². The molecule has 4 atom stereocenters. The number of benzene rings is 1. The van der Waals surface area contributed by atoms with Crippen LogP contribution < -0.4 is 5.32 Å². The van der Waals surface area contributed by atoms with Gasteiger partial charge < -0.3 is 10.1 Å². The van der Waals surface area contributed by atoms with Gasteiger partial charge in [0.2, 0.25) is 0 Å². The van der Waals surface area contributed by atoms with Crippen LogP contribution in [-0.2, 0) is 14.3 Å². The van der Waals surface area contributed by atoms with Crippen molar-refractivity contribution < 1.29 is 19.2 Å². The zero-order valence-electron chi connectivity index (χ0n) is 15.9. The lowest BCUT2D eigenvalue weighted by molar-refractivity contribution is -0.384. The molecule has 0 radical (unpaired) electrons. The van der Waals surface area contributed by atoms with E-state index in [9.17, 15) is 19.7 Å². The number of non-ortho nitro benzene ring substituents is 1. The minimum atomic E-state index is -0.906. The number of hydrogen-bond acceptors (Lipinski definition) is 5. The van der Waals surface area contributed by atoms with Gasteiger partial charge in [-0.1, -0.05) is 38.8 Å². The van der Waals surface area contributed by atoms with Gasteiger partial charge in [0.1, 0.15) is 0 Å². The number of amides is 1. The highest BCUT2D eigenvalue weighted by atomic mass is 16.6. The number of carbonyl (C=O) groups excluding carboxylic acids is 2. The molecule has 1 aliphatic rings. The van der Waals surface area contributed by atoms with E-state index in [-0.39, 0.29) is 17.6 Å². The molecule has 0 saturated heterocycles. The van der Waals surface area contributed by atoms with Gasteiger partial charge in [-0.3, -0.25) is 14.9 Å². The van der Waals surface area contributed by atoms with Crippen LogP contribution in [0.1, 0.15) is 45.6 Å². The third-order valence-corrected chi connectivity index (χ3v) is 5.19. The zero-order chi connectivity index (χ0) is 20.0. The average molecular weight is 374 g/mol. The molecule has 1 aliphatic carbocycles. The van der Waals surface area contributed by atoms with Gasteiger partial charge in [-0.2, -0.15) is 0 Å². The fourth-order valence-electron chi connectivity index (χ4n) is 3.26. The smallest absolute Gasteiger partial charge is 0.331 e. The molecular formula is C20H26N2O5. The third kappa shape index (κ3) is 5.91. The van der Waals surface area contributed by atoms with Gasteiger partial charge in [0.25, 0.3) is 11.6 Å². The highest BCUT2D eigenvalue weighted by Crippen LogP contribution is 2.29. The number of carbonyl (C=O) groups is 2. The van der Waals surface area contributed by atoms with Gasteiger partial charge in [-0.25, -0.2) is 4.79 Å². The summed E-state index contributed by atoms with van der Waals surface area (Å²) in [6.07, 6.45) is 4.86. The first kappa shape index (κ1) is 20.6. The number of nitrogens with one attached hydrogen (secondary N) is 1. The Labute approximate surface area is 158 Å². The second kappa shape index (κ2) is 9.30. The van der Waals surface area contributed by atoms with Crippen molar-refractivity contribution >= 4 is 23.6 Å². The van der Waals surface area contributed by atoms with Crippen molar-refractivity contribution in [1.82, 2.24) is 5.32 Å². The molecule has 1 amide bonds. The second-order valence-corrected chi connectivity index (χ2v) is 7.15. The van der Waals surface area contributed by atoms with Crippen molar-refractivity contribution in [3.8, 4) is 0 Å². The molecule has 0 unspecified atom stereocenters. The Morgan fingerprint density at radius 2 is 2.07 bits per heavy atom. The molecule has 0 heterocycles. The van der Waals surface area contributed by atoms with Gasteiger partial charge in [-0.15, -0.1) is 0 Å². The second-order valence-electron chi connectivity index (χ2n) is 7.15. The quantitative estimate of drug-likeness (QED) is 0.356. The van der Waals surface area contributed by atoms with Crippen LogP contribution >= 0.6 is 0 Å². The standard InChI is InChI=1S/C20H26N2O5/c1-13-6-4-9-18(14(13)2)21-20(24)15(3)27-19(23)11-10-16-7-5-8-17(12-16)22(25)26/h5,7-8,10-15,18H,4,6,9H2,1-3H3,(H,21,24)/b11-10+/t13-,14+,15+,18+/m0/s1. The molecule has 0 bridgehead atoms. The molecule has 1 aromatic rings. The summed E-state index contributed by atoms with van der Waals surface area (Å²) in [6, 6.07) is 5.99. The van der Waals surface area contributed by atoms with Crippen LogP contribution in [0.2, 0.25) is 0 Å². The van der Waals surface area contributed by atoms with Crippen LogP contribution in [0.25, 0.3) is 6.08 Å². The summed E-state index contributed by atoms with van der Waals surface area (Å²) in [5.41, 5.74) is 0.442. The van der Waals surface area contributed by atoms with E-state index in [0.29, 0.717) is 17.4 Å². The molecule has 7 heteroatoms. The molecule has 0 aromatic heterocycles. The van der Waals surface area contributed by atoms with Gasteiger partial charge in [-0.05, 0) is 36.8 Å². The Hall–Kier alpha value is -2.70. The van der Waals surface area contributed by atoms with E-state index in [1.54, 1.807) is 6.07 Å².